The van der Waals surface area contributed by atoms with E-state index in [-0.39, 0.29) is 11.7 Å². The normalized spacial score (nSPS) is 20.2. The molecule has 1 atom stereocenters. The summed E-state index contributed by atoms with van der Waals surface area (Å²) in [5.74, 6) is 0.135. The predicted molar refractivity (Wildman–Crippen MR) is 101 cm³/mol. The smallest absolute Gasteiger partial charge is 0.161 e. The van der Waals surface area contributed by atoms with Crippen LogP contribution in [0.3, 0.4) is 0 Å². The number of pyridine rings is 1. The van der Waals surface area contributed by atoms with Crippen LogP contribution in [0.1, 0.15) is 34.9 Å². The number of ketones is 1. The van der Waals surface area contributed by atoms with Crippen LogP contribution in [0.5, 0.6) is 0 Å². The predicted octanol–water partition coefficient (Wildman–Crippen LogP) is 3.76. The SMILES string of the molecule is Cc1ccc([C@@H]2C(C#N)=C(N)N(c3cccnc3)C3=C2C(=O)CCC3)s1. The van der Waals surface area contributed by atoms with Crippen LogP contribution in [0.2, 0.25) is 0 Å². The number of allylic oxidation sites excluding steroid dienone is 3. The molecular formula is C20H18N4OS. The minimum absolute atomic E-state index is 0.108. The first-order chi connectivity index (χ1) is 12.6. The second-order valence-corrected chi connectivity index (χ2v) is 7.80. The quantitative estimate of drug-likeness (QED) is 0.879. The van der Waals surface area contributed by atoms with Gasteiger partial charge in [0.2, 0.25) is 0 Å². The van der Waals surface area contributed by atoms with Crippen molar-refractivity contribution in [3.8, 4) is 6.07 Å². The van der Waals surface area contributed by atoms with Crippen LogP contribution in [0.25, 0.3) is 0 Å². The van der Waals surface area contributed by atoms with Gasteiger partial charge in [0.05, 0.1) is 29.4 Å². The van der Waals surface area contributed by atoms with Crippen LogP contribution in [-0.2, 0) is 4.79 Å². The standard InChI is InChI=1S/C20H18N4OS/c1-12-7-8-17(26-12)18-14(10-21)20(22)24(13-4-3-9-23-11-13)15-5-2-6-16(25)19(15)18/h3-4,7-9,11,18H,2,5-6,22H2,1H3/t18-/m0/s1. The van der Waals surface area contributed by atoms with Crippen LogP contribution < -0.4 is 10.6 Å². The highest BCUT2D eigenvalue weighted by molar-refractivity contribution is 7.12. The van der Waals surface area contributed by atoms with Crippen molar-refractivity contribution in [2.24, 2.45) is 5.73 Å². The summed E-state index contributed by atoms with van der Waals surface area (Å²) in [5, 5.41) is 9.88. The molecule has 0 saturated carbocycles. The van der Waals surface area contributed by atoms with E-state index in [0.717, 1.165) is 34.0 Å². The van der Waals surface area contributed by atoms with Crippen molar-refractivity contribution in [2.75, 3.05) is 4.90 Å². The van der Waals surface area contributed by atoms with E-state index in [1.807, 2.05) is 36.1 Å². The number of thiophene rings is 1. The Labute approximate surface area is 156 Å². The fraction of sp³-hybridized carbons (Fsp3) is 0.250. The maximum atomic E-state index is 12.9. The van der Waals surface area contributed by atoms with Crippen LogP contribution in [0, 0.1) is 18.3 Å². The molecule has 2 aromatic heterocycles. The maximum Gasteiger partial charge on any atom is 0.161 e. The Bertz CT molecular complexity index is 981. The maximum absolute atomic E-state index is 12.9. The van der Waals surface area contributed by atoms with Crippen LogP contribution in [-0.4, -0.2) is 10.8 Å². The number of Topliss-reactive ketones (excluding diaryl/α,β-unsaturated/α-hetero) is 1. The molecule has 0 bridgehead atoms. The van der Waals surface area contributed by atoms with E-state index in [4.69, 9.17) is 5.73 Å². The fourth-order valence-corrected chi connectivity index (χ4v) is 4.76. The molecular weight excluding hydrogens is 344 g/mol. The lowest BCUT2D eigenvalue weighted by Gasteiger charge is -2.39. The van der Waals surface area contributed by atoms with Gasteiger partial charge in [-0.3, -0.25) is 14.7 Å². The summed E-state index contributed by atoms with van der Waals surface area (Å²) in [7, 11) is 0. The number of carbonyl (C=O) groups is 1. The number of nitrogens with zero attached hydrogens (tertiary/aromatic N) is 3. The third-order valence-corrected chi connectivity index (χ3v) is 5.93. The number of anilines is 1. The number of aryl methyl sites for hydroxylation is 1. The highest BCUT2D eigenvalue weighted by atomic mass is 32.1. The number of nitrogens with two attached hydrogens (primary N) is 1. The minimum Gasteiger partial charge on any atom is -0.384 e. The molecule has 0 fully saturated rings. The largest absolute Gasteiger partial charge is 0.384 e. The van der Waals surface area contributed by atoms with Crippen LogP contribution in [0.4, 0.5) is 5.69 Å². The lowest BCUT2D eigenvalue weighted by atomic mass is 9.78. The summed E-state index contributed by atoms with van der Waals surface area (Å²) < 4.78 is 0. The first kappa shape index (κ1) is 16.6. The molecule has 0 spiro atoms. The zero-order valence-corrected chi connectivity index (χ0v) is 15.2. The highest BCUT2D eigenvalue weighted by Gasteiger charge is 2.40. The van der Waals surface area contributed by atoms with Crippen molar-refractivity contribution >= 4 is 22.8 Å². The average Bonchev–Trinajstić information content (AvgIpc) is 3.07. The van der Waals surface area contributed by atoms with Gasteiger partial charge in [0, 0.05) is 33.6 Å². The molecule has 2 aromatic rings. The number of nitriles is 1. The number of carbonyl (C=O) groups excluding carboxylic acids is 1. The lowest BCUT2D eigenvalue weighted by molar-refractivity contribution is -0.116. The van der Waals surface area contributed by atoms with Gasteiger partial charge in [-0.15, -0.1) is 11.3 Å². The molecule has 130 valence electrons. The number of hydrogen-bond acceptors (Lipinski definition) is 6. The van der Waals surface area contributed by atoms with Gasteiger partial charge in [0.15, 0.2) is 5.78 Å². The van der Waals surface area contributed by atoms with E-state index in [9.17, 15) is 10.1 Å². The Morgan fingerprint density at radius 2 is 2.19 bits per heavy atom. The first-order valence-corrected chi connectivity index (χ1v) is 9.36. The first-order valence-electron chi connectivity index (χ1n) is 8.54. The zero-order valence-electron chi connectivity index (χ0n) is 14.4. The molecule has 0 unspecified atom stereocenters. The molecule has 1 aliphatic carbocycles. The summed E-state index contributed by atoms with van der Waals surface area (Å²) in [6.45, 7) is 2.02. The summed E-state index contributed by atoms with van der Waals surface area (Å²) in [5.41, 5.74) is 9.30. The summed E-state index contributed by atoms with van der Waals surface area (Å²) in [4.78, 5) is 21.1. The van der Waals surface area contributed by atoms with E-state index in [0.29, 0.717) is 23.4 Å². The Kier molecular flexibility index (Phi) is 4.09. The molecule has 4 rings (SSSR count). The average molecular weight is 362 g/mol. The number of rotatable bonds is 2. The molecule has 26 heavy (non-hydrogen) atoms. The lowest BCUT2D eigenvalue weighted by Crippen LogP contribution is -2.38. The number of hydrogen-bond donors (Lipinski definition) is 1. The topological polar surface area (TPSA) is 83.0 Å². The second kappa shape index (κ2) is 6.43. The number of aromatic nitrogens is 1. The molecule has 0 radical (unpaired) electrons. The van der Waals surface area contributed by atoms with E-state index >= 15 is 0 Å². The van der Waals surface area contributed by atoms with Crippen molar-refractivity contribution in [3.05, 3.63) is 69.1 Å². The summed E-state index contributed by atoms with van der Waals surface area (Å²) in [6, 6.07) is 10.0. The molecule has 2 aliphatic rings. The van der Waals surface area contributed by atoms with Gasteiger partial charge in [-0.25, -0.2) is 0 Å². The van der Waals surface area contributed by atoms with Gasteiger partial charge in [-0.2, -0.15) is 5.26 Å². The Hall–Kier alpha value is -2.91. The molecule has 0 aromatic carbocycles. The molecule has 3 heterocycles. The Morgan fingerprint density at radius 1 is 1.35 bits per heavy atom. The van der Waals surface area contributed by atoms with Crippen molar-refractivity contribution in [2.45, 2.75) is 32.1 Å². The Morgan fingerprint density at radius 3 is 2.85 bits per heavy atom. The van der Waals surface area contributed by atoms with Gasteiger partial charge in [0.1, 0.15) is 5.82 Å². The van der Waals surface area contributed by atoms with Crippen molar-refractivity contribution < 1.29 is 4.79 Å². The third kappa shape index (κ3) is 2.52. The molecule has 5 nitrogen and oxygen atoms in total. The molecule has 2 N–H and O–H groups in total. The molecule has 6 heteroatoms. The van der Waals surface area contributed by atoms with E-state index in [1.165, 1.54) is 0 Å². The van der Waals surface area contributed by atoms with Gasteiger partial charge in [-0.05, 0) is 44.0 Å². The van der Waals surface area contributed by atoms with E-state index in [1.54, 1.807) is 23.7 Å². The minimum atomic E-state index is -0.366. The molecule has 0 amide bonds. The van der Waals surface area contributed by atoms with Gasteiger partial charge in [-0.1, -0.05) is 0 Å². The van der Waals surface area contributed by atoms with Gasteiger partial charge in [0.25, 0.3) is 0 Å². The fourth-order valence-electron chi connectivity index (χ4n) is 3.76. The van der Waals surface area contributed by atoms with Crippen molar-refractivity contribution in [1.29, 1.82) is 5.26 Å². The van der Waals surface area contributed by atoms with Gasteiger partial charge < -0.3 is 5.73 Å². The third-order valence-electron chi connectivity index (χ3n) is 4.86. The van der Waals surface area contributed by atoms with Crippen LogP contribution >= 0.6 is 11.3 Å². The van der Waals surface area contributed by atoms with Gasteiger partial charge >= 0.3 is 0 Å². The molecule has 0 saturated heterocycles. The highest BCUT2D eigenvalue weighted by Crippen LogP contribution is 2.47. The van der Waals surface area contributed by atoms with E-state index < -0.39 is 0 Å². The van der Waals surface area contributed by atoms with Crippen molar-refractivity contribution in [3.63, 3.8) is 0 Å². The monoisotopic (exact) mass is 362 g/mol. The summed E-state index contributed by atoms with van der Waals surface area (Å²) >= 11 is 1.61. The molecule has 1 aliphatic heterocycles. The van der Waals surface area contributed by atoms with Crippen LogP contribution in [0.15, 0.2) is 59.3 Å². The van der Waals surface area contributed by atoms with E-state index in [2.05, 4.69) is 11.1 Å². The summed E-state index contributed by atoms with van der Waals surface area (Å²) in [6.07, 6.45) is 5.47. The van der Waals surface area contributed by atoms with Crippen molar-refractivity contribution in [1.82, 2.24) is 4.98 Å². The zero-order chi connectivity index (χ0) is 18.3. The Balaban J connectivity index is 1.97. The second-order valence-electron chi connectivity index (χ2n) is 6.48.